The topological polar surface area (TPSA) is 93.5 Å². The van der Waals surface area contributed by atoms with Gasteiger partial charge in [0.25, 0.3) is 0 Å². The normalized spacial score (nSPS) is 15.0. The fourth-order valence-electron chi connectivity index (χ4n) is 4.12. The largest absolute Gasteiger partial charge is 0.494 e. The summed E-state index contributed by atoms with van der Waals surface area (Å²) in [6.07, 6.45) is 3.58. The van der Waals surface area contributed by atoms with Crippen LogP contribution in [0.2, 0.25) is 0 Å². The zero-order valence-electron chi connectivity index (χ0n) is 19.1. The predicted molar refractivity (Wildman–Crippen MR) is 128 cm³/mol. The molecular formula is C24H30N4O4S. The highest BCUT2D eigenvalue weighted by Gasteiger charge is 2.26. The highest BCUT2D eigenvalue weighted by Crippen LogP contribution is 2.25. The first kappa shape index (κ1) is 23.3. The van der Waals surface area contributed by atoms with Gasteiger partial charge in [0.1, 0.15) is 11.6 Å². The van der Waals surface area contributed by atoms with E-state index in [0.29, 0.717) is 37.3 Å². The first-order valence-electron chi connectivity index (χ1n) is 11.4. The van der Waals surface area contributed by atoms with Crippen molar-refractivity contribution in [2.75, 3.05) is 25.0 Å². The Kier molecular flexibility index (Phi) is 6.99. The number of anilines is 1. The zero-order chi connectivity index (χ0) is 23.4. The molecule has 1 saturated heterocycles. The second kappa shape index (κ2) is 9.93. The molecule has 1 aliphatic rings. The van der Waals surface area contributed by atoms with Crippen molar-refractivity contribution in [2.45, 2.75) is 43.9 Å². The number of fused-ring (bicyclic) bond motifs is 1. The number of nitrogens with zero attached hydrogens (tertiary/aromatic N) is 3. The molecule has 4 rings (SSSR count). The number of hydrogen-bond acceptors (Lipinski definition) is 5. The number of hydrogen-bond donors (Lipinski definition) is 1. The third kappa shape index (κ3) is 5.20. The van der Waals surface area contributed by atoms with Crippen LogP contribution in [0.15, 0.2) is 47.4 Å². The van der Waals surface area contributed by atoms with Crippen LogP contribution in [0.4, 0.5) is 5.69 Å². The minimum atomic E-state index is -3.51. The van der Waals surface area contributed by atoms with Gasteiger partial charge in [-0.3, -0.25) is 4.79 Å². The molecule has 1 N–H and O–H groups in total. The van der Waals surface area contributed by atoms with Crippen molar-refractivity contribution in [3.63, 3.8) is 0 Å². The van der Waals surface area contributed by atoms with Crippen molar-refractivity contribution in [3.8, 4) is 5.75 Å². The van der Waals surface area contributed by atoms with Crippen LogP contribution in [0.25, 0.3) is 11.0 Å². The summed E-state index contributed by atoms with van der Waals surface area (Å²) < 4.78 is 34.9. The molecule has 1 amide bonds. The first-order chi connectivity index (χ1) is 15.9. The summed E-state index contributed by atoms with van der Waals surface area (Å²) in [4.78, 5) is 17.3. The number of nitrogens with one attached hydrogen (secondary N) is 1. The summed E-state index contributed by atoms with van der Waals surface area (Å²) in [5, 5.41) is 2.88. The van der Waals surface area contributed by atoms with Gasteiger partial charge in [-0.2, -0.15) is 4.31 Å². The Labute approximate surface area is 194 Å². The summed E-state index contributed by atoms with van der Waals surface area (Å²) in [5.41, 5.74) is 2.17. The van der Waals surface area contributed by atoms with Gasteiger partial charge in [-0.1, -0.05) is 6.42 Å². The lowest BCUT2D eigenvalue weighted by atomic mass is 10.2. The van der Waals surface area contributed by atoms with Gasteiger partial charge < -0.3 is 14.6 Å². The number of sulfonamides is 1. The molecule has 33 heavy (non-hydrogen) atoms. The molecule has 176 valence electrons. The van der Waals surface area contributed by atoms with Gasteiger partial charge in [0.2, 0.25) is 15.9 Å². The number of ether oxygens (including phenoxy) is 1. The van der Waals surface area contributed by atoms with Crippen molar-refractivity contribution in [3.05, 3.63) is 48.3 Å². The SMILES string of the molecule is CCOc1ccc(NC(=O)CCc2nc3cc(S(=O)(=O)N4CCCCC4)ccc3n2C)cc1. The van der Waals surface area contributed by atoms with Crippen molar-refractivity contribution in [2.24, 2.45) is 7.05 Å². The molecule has 0 radical (unpaired) electrons. The Morgan fingerprint density at radius 2 is 1.82 bits per heavy atom. The first-order valence-corrected chi connectivity index (χ1v) is 12.8. The maximum atomic E-state index is 13.0. The Balaban J connectivity index is 1.44. The Morgan fingerprint density at radius 1 is 1.09 bits per heavy atom. The van der Waals surface area contributed by atoms with E-state index in [2.05, 4.69) is 10.3 Å². The molecule has 0 bridgehead atoms. The van der Waals surface area contributed by atoms with Crippen LogP contribution in [0.1, 0.15) is 38.4 Å². The molecule has 0 unspecified atom stereocenters. The molecule has 0 spiro atoms. The van der Waals surface area contributed by atoms with Gasteiger partial charge >= 0.3 is 0 Å². The van der Waals surface area contributed by atoms with Crippen molar-refractivity contribution >= 4 is 32.7 Å². The summed E-state index contributed by atoms with van der Waals surface area (Å²) in [5.74, 6) is 1.39. The molecule has 1 aliphatic heterocycles. The zero-order valence-corrected chi connectivity index (χ0v) is 19.9. The van der Waals surface area contributed by atoms with E-state index >= 15 is 0 Å². The molecule has 3 aromatic rings. The van der Waals surface area contributed by atoms with E-state index in [1.165, 1.54) is 0 Å². The van der Waals surface area contributed by atoms with Crippen molar-refractivity contribution in [1.29, 1.82) is 0 Å². The van der Waals surface area contributed by atoms with E-state index in [9.17, 15) is 13.2 Å². The fourth-order valence-corrected chi connectivity index (χ4v) is 5.66. The van der Waals surface area contributed by atoms with Gasteiger partial charge in [0.05, 0.1) is 22.5 Å². The number of imidazole rings is 1. The van der Waals surface area contributed by atoms with E-state index in [1.54, 1.807) is 22.5 Å². The number of carbonyl (C=O) groups excluding carboxylic acids is 1. The Morgan fingerprint density at radius 3 is 2.52 bits per heavy atom. The molecular weight excluding hydrogens is 440 g/mol. The number of amides is 1. The van der Waals surface area contributed by atoms with Gasteiger partial charge in [-0.05, 0) is 62.2 Å². The minimum Gasteiger partial charge on any atom is -0.494 e. The lowest BCUT2D eigenvalue weighted by molar-refractivity contribution is -0.116. The lowest BCUT2D eigenvalue weighted by Gasteiger charge is -2.25. The van der Waals surface area contributed by atoms with E-state index in [1.807, 2.05) is 42.8 Å². The summed E-state index contributed by atoms with van der Waals surface area (Å²) in [6.45, 7) is 3.65. The maximum absolute atomic E-state index is 13.0. The fraction of sp³-hybridized carbons (Fsp3) is 0.417. The summed E-state index contributed by atoms with van der Waals surface area (Å²) >= 11 is 0. The molecule has 1 aromatic heterocycles. The van der Waals surface area contributed by atoms with Crippen LogP contribution in [0.5, 0.6) is 5.75 Å². The third-order valence-corrected chi connectivity index (χ3v) is 7.82. The van der Waals surface area contributed by atoms with E-state index in [4.69, 9.17) is 4.74 Å². The molecule has 0 atom stereocenters. The predicted octanol–water partition coefficient (Wildman–Crippen LogP) is 3.72. The number of aromatic nitrogens is 2. The molecule has 2 aromatic carbocycles. The average Bonchev–Trinajstić information content (AvgIpc) is 3.14. The molecule has 2 heterocycles. The quantitative estimate of drug-likeness (QED) is 0.542. The van der Waals surface area contributed by atoms with Gasteiger partial charge in [0, 0.05) is 38.7 Å². The molecule has 0 aliphatic carbocycles. The van der Waals surface area contributed by atoms with Crippen LogP contribution >= 0.6 is 0 Å². The van der Waals surface area contributed by atoms with Gasteiger partial charge in [-0.25, -0.2) is 13.4 Å². The molecule has 1 fully saturated rings. The molecule has 9 heteroatoms. The standard InChI is InChI=1S/C24H30N4O4S/c1-3-32-19-9-7-18(8-10-19)25-24(29)14-13-23-26-21-17-20(11-12-22(21)27(23)2)33(30,31)28-15-5-4-6-16-28/h7-12,17H,3-6,13-16H2,1-2H3,(H,25,29). The van der Waals surface area contributed by atoms with Gasteiger partial charge in [-0.15, -0.1) is 0 Å². The smallest absolute Gasteiger partial charge is 0.243 e. The maximum Gasteiger partial charge on any atom is 0.243 e. The number of rotatable bonds is 8. The second-order valence-corrected chi connectivity index (χ2v) is 10.1. The Bertz CT molecular complexity index is 1230. The monoisotopic (exact) mass is 470 g/mol. The lowest BCUT2D eigenvalue weighted by Crippen LogP contribution is -2.35. The van der Waals surface area contributed by atoms with Crippen LogP contribution in [0, 0.1) is 0 Å². The van der Waals surface area contributed by atoms with Crippen molar-refractivity contribution < 1.29 is 17.9 Å². The summed E-state index contributed by atoms with van der Waals surface area (Å²) in [6, 6.07) is 12.3. The third-order valence-electron chi connectivity index (χ3n) is 5.92. The van der Waals surface area contributed by atoms with Gasteiger partial charge in [0.15, 0.2) is 0 Å². The average molecular weight is 471 g/mol. The summed E-state index contributed by atoms with van der Waals surface area (Å²) in [7, 11) is -1.63. The number of aryl methyl sites for hydroxylation is 2. The van der Waals surface area contributed by atoms with Crippen LogP contribution in [-0.4, -0.2) is 47.9 Å². The highest BCUT2D eigenvalue weighted by molar-refractivity contribution is 7.89. The van der Waals surface area contributed by atoms with E-state index in [-0.39, 0.29) is 17.2 Å². The number of benzene rings is 2. The van der Waals surface area contributed by atoms with Crippen LogP contribution in [-0.2, 0) is 28.3 Å². The van der Waals surface area contributed by atoms with Crippen LogP contribution < -0.4 is 10.1 Å². The highest BCUT2D eigenvalue weighted by atomic mass is 32.2. The minimum absolute atomic E-state index is 0.111. The van der Waals surface area contributed by atoms with Crippen LogP contribution in [0.3, 0.4) is 0 Å². The number of carbonyl (C=O) groups is 1. The molecule has 8 nitrogen and oxygen atoms in total. The Hall–Kier alpha value is -2.91. The second-order valence-electron chi connectivity index (χ2n) is 8.21. The van der Waals surface area contributed by atoms with E-state index < -0.39 is 10.0 Å². The molecule has 0 saturated carbocycles. The van der Waals surface area contributed by atoms with Crippen molar-refractivity contribution in [1.82, 2.24) is 13.9 Å². The number of piperidine rings is 1. The van der Waals surface area contributed by atoms with E-state index in [0.717, 1.165) is 36.4 Å².